The van der Waals surface area contributed by atoms with Gasteiger partial charge in [-0.15, -0.1) is 0 Å². The van der Waals surface area contributed by atoms with Crippen molar-refractivity contribution in [2.24, 2.45) is 0 Å². The molecule has 1 saturated heterocycles. The number of nitrogens with one attached hydrogen (secondary N) is 2. The number of carbonyl (C=O) groups excluding carboxylic acids is 2. The Hall–Kier alpha value is -2.38. The van der Waals surface area contributed by atoms with Crippen molar-refractivity contribution in [3.63, 3.8) is 0 Å². The first kappa shape index (κ1) is 21.8. The van der Waals surface area contributed by atoms with Crippen molar-refractivity contribution in [2.45, 2.75) is 77.0 Å². The number of aryl methyl sites for hydroxylation is 2. The molecule has 0 radical (unpaired) electrons. The molecule has 168 valence electrons. The van der Waals surface area contributed by atoms with Crippen molar-refractivity contribution in [3.05, 3.63) is 35.5 Å². The summed E-state index contributed by atoms with van der Waals surface area (Å²) in [7, 11) is 0. The number of ether oxygens (including phenoxy) is 1. The van der Waals surface area contributed by atoms with E-state index in [0.717, 1.165) is 75.4 Å². The number of rotatable bonds is 10. The highest BCUT2D eigenvalue weighted by molar-refractivity contribution is 5.99. The summed E-state index contributed by atoms with van der Waals surface area (Å²) in [6.07, 6.45) is 8.90. The van der Waals surface area contributed by atoms with Gasteiger partial charge in [-0.25, -0.2) is 10.3 Å². The molecule has 7 nitrogen and oxygen atoms in total. The van der Waals surface area contributed by atoms with Crippen LogP contribution in [-0.2, 0) is 27.3 Å². The number of amides is 2. The summed E-state index contributed by atoms with van der Waals surface area (Å²) in [5, 5.41) is 4.21. The molecule has 2 aliphatic heterocycles. The highest BCUT2D eigenvalue weighted by Gasteiger charge is 2.20. The van der Waals surface area contributed by atoms with E-state index < -0.39 is 0 Å². The van der Waals surface area contributed by atoms with E-state index in [9.17, 15) is 9.59 Å². The summed E-state index contributed by atoms with van der Waals surface area (Å²) in [4.78, 5) is 29.8. The number of unbranched alkanes of at least 4 members (excludes halogenated alkanes) is 3. The average molecular weight is 428 g/mol. The van der Waals surface area contributed by atoms with E-state index >= 15 is 0 Å². The number of hydrogen-bond donors (Lipinski definition) is 2. The molecule has 1 atom stereocenters. The van der Waals surface area contributed by atoms with Crippen LogP contribution in [-0.4, -0.2) is 35.8 Å². The normalized spacial score (nSPS) is 18.1. The van der Waals surface area contributed by atoms with Crippen LogP contribution in [0.15, 0.2) is 24.3 Å². The van der Waals surface area contributed by atoms with E-state index in [1.807, 2.05) is 6.07 Å². The summed E-state index contributed by atoms with van der Waals surface area (Å²) in [6, 6.07) is 8.33. The van der Waals surface area contributed by atoms with Gasteiger partial charge in [-0.3, -0.25) is 9.59 Å². The summed E-state index contributed by atoms with van der Waals surface area (Å²) >= 11 is 0. The van der Waals surface area contributed by atoms with Crippen molar-refractivity contribution >= 4 is 22.7 Å². The van der Waals surface area contributed by atoms with E-state index in [2.05, 4.69) is 33.6 Å². The molecule has 3 heterocycles. The minimum Gasteiger partial charge on any atom is -0.351 e. The van der Waals surface area contributed by atoms with Crippen LogP contribution in [0.2, 0.25) is 0 Å². The lowest BCUT2D eigenvalue weighted by atomic mass is 10.0. The number of nitrogens with zero attached hydrogens (tertiary/aromatic N) is 1. The highest BCUT2D eigenvalue weighted by Crippen LogP contribution is 2.28. The Kier molecular flexibility index (Phi) is 7.59. The molecule has 1 unspecified atom stereocenters. The molecule has 0 aliphatic carbocycles. The Bertz CT molecular complexity index is 902. The van der Waals surface area contributed by atoms with Crippen LogP contribution in [0.1, 0.15) is 73.8 Å². The Morgan fingerprint density at radius 1 is 1.13 bits per heavy atom. The van der Waals surface area contributed by atoms with E-state index in [4.69, 9.17) is 9.57 Å². The molecule has 31 heavy (non-hydrogen) atoms. The van der Waals surface area contributed by atoms with E-state index in [-0.39, 0.29) is 18.1 Å². The zero-order chi connectivity index (χ0) is 21.5. The lowest BCUT2D eigenvalue weighted by molar-refractivity contribution is -0.200. The van der Waals surface area contributed by atoms with Crippen molar-refractivity contribution in [2.75, 3.05) is 13.2 Å². The van der Waals surface area contributed by atoms with Gasteiger partial charge in [0.1, 0.15) is 5.69 Å². The molecule has 2 aliphatic rings. The van der Waals surface area contributed by atoms with Gasteiger partial charge in [0.15, 0.2) is 6.29 Å². The van der Waals surface area contributed by atoms with E-state index in [0.29, 0.717) is 19.6 Å². The van der Waals surface area contributed by atoms with Crippen LogP contribution in [0.3, 0.4) is 0 Å². The SMILES string of the molecule is O=C(CCCCCCNC(=O)c1cc2cccc3c2n1CCC3)NOC1CCCCO1. The predicted molar refractivity (Wildman–Crippen MR) is 118 cm³/mol. The molecular weight excluding hydrogens is 394 g/mol. The summed E-state index contributed by atoms with van der Waals surface area (Å²) < 4.78 is 7.59. The summed E-state index contributed by atoms with van der Waals surface area (Å²) in [6.45, 7) is 2.25. The Morgan fingerprint density at radius 3 is 2.90 bits per heavy atom. The lowest BCUT2D eigenvalue weighted by Gasteiger charge is -2.22. The van der Waals surface area contributed by atoms with Crippen molar-refractivity contribution in [1.29, 1.82) is 0 Å². The number of para-hydroxylation sites is 1. The molecule has 1 aromatic carbocycles. The predicted octanol–water partition coefficient (Wildman–Crippen LogP) is 3.84. The summed E-state index contributed by atoms with van der Waals surface area (Å²) in [5.41, 5.74) is 5.81. The Balaban J connectivity index is 1.10. The molecule has 1 aromatic heterocycles. The summed E-state index contributed by atoms with van der Waals surface area (Å²) in [5.74, 6) is -0.0957. The topological polar surface area (TPSA) is 81.6 Å². The number of aromatic nitrogens is 1. The number of benzene rings is 1. The standard InChI is InChI=1S/C24H33N3O4/c28-21(26-31-22-13-4-6-16-30-22)12-3-1-2-5-14-25-24(29)20-17-19-10-7-9-18-11-8-15-27(20)23(18)19/h7,9-10,17,22H,1-6,8,11-16H2,(H,25,29)(H,26,28). The van der Waals surface area contributed by atoms with Crippen molar-refractivity contribution < 1.29 is 19.2 Å². The van der Waals surface area contributed by atoms with Gasteiger partial charge in [-0.2, -0.15) is 0 Å². The molecule has 4 rings (SSSR count). The van der Waals surface area contributed by atoms with Gasteiger partial charge in [-0.1, -0.05) is 31.0 Å². The first-order chi connectivity index (χ1) is 15.2. The van der Waals surface area contributed by atoms with Crippen LogP contribution in [0.4, 0.5) is 0 Å². The van der Waals surface area contributed by atoms with Crippen LogP contribution in [0, 0.1) is 0 Å². The number of carbonyl (C=O) groups is 2. The smallest absolute Gasteiger partial charge is 0.267 e. The first-order valence-electron chi connectivity index (χ1n) is 11.7. The van der Waals surface area contributed by atoms with Crippen LogP contribution >= 0.6 is 0 Å². The third kappa shape index (κ3) is 5.66. The van der Waals surface area contributed by atoms with Crippen LogP contribution in [0.5, 0.6) is 0 Å². The second kappa shape index (κ2) is 10.8. The van der Waals surface area contributed by atoms with Gasteiger partial charge in [0.05, 0.1) is 5.52 Å². The van der Waals surface area contributed by atoms with Gasteiger partial charge >= 0.3 is 0 Å². The van der Waals surface area contributed by atoms with Crippen LogP contribution < -0.4 is 10.8 Å². The number of hydrogen-bond acceptors (Lipinski definition) is 4. The van der Waals surface area contributed by atoms with Crippen LogP contribution in [0.25, 0.3) is 10.9 Å². The monoisotopic (exact) mass is 427 g/mol. The maximum absolute atomic E-state index is 12.7. The molecule has 0 saturated carbocycles. The fourth-order valence-electron chi connectivity index (χ4n) is 4.50. The highest BCUT2D eigenvalue weighted by atomic mass is 16.8. The zero-order valence-corrected chi connectivity index (χ0v) is 18.2. The number of hydroxylamine groups is 1. The zero-order valence-electron chi connectivity index (χ0n) is 18.2. The Labute approximate surface area is 183 Å². The largest absolute Gasteiger partial charge is 0.351 e. The molecule has 0 bridgehead atoms. The van der Waals surface area contributed by atoms with Gasteiger partial charge in [0.25, 0.3) is 5.91 Å². The third-order valence-corrected chi connectivity index (χ3v) is 6.12. The van der Waals surface area contributed by atoms with Gasteiger partial charge in [-0.05, 0) is 50.2 Å². The lowest BCUT2D eigenvalue weighted by Crippen LogP contribution is -2.32. The molecule has 2 amide bonds. The molecular formula is C24H33N3O4. The first-order valence-corrected chi connectivity index (χ1v) is 11.7. The maximum atomic E-state index is 12.7. The molecule has 2 aromatic rings. The maximum Gasteiger partial charge on any atom is 0.267 e. The van der Waals surface area contributed by atoms with Gasteiger partial charge in [0.2, 0.25) is 5.91 Å². The third-order valence-electron chi connectivity index (χ3n) is 6.12. The van der Waals surface area contributed by atoms with Gasteiger partial charge in [0, 0.05) is 37.9 Å². The average Bonchev–Trinajstić information content (AvgIpc) is 3.18. The fourth-order valence-corrected chi connectivity index (χ4v) is 4.50. The quantitative estimate of drug-likeness (QED) is 0.446. The Morgan fingerprint density at radius 2 is 2.03 bits per heavy atom. The molecule has 2 N–H and O–H groups in total. The second-order valence-corrected chi connectivity index (χ2v) is 8.50. The minimum atomic E-state index is -0.305. The molecule has 7 heteroatoms. The molecule has 0 spiro atoms. The van der Waals surface area contributed by atoms with Crippen molar-refractivity contribution in [1.82, 2.24) is 15.4 Å². The fraction of sp³-hybridized carbons (Fsp3) is 0.583. The van der Waals surface area contributed by atoms with Crippen molar-refractivity contribution in [3.8, 4) is 0 Å². The van der Waals surface area contributed by atoms with E-state index in [1.54, 1.807) is 0 Å². The van der Waals surface area contributed by atoms with Gasteiger partial charge < -0.3 is 14.6 Å². The second-order valence-electron chi connectivity index (χ2n) is 8.50. The van der Waals surface area contributed by atoms with E-state index in [1.165, 1.54) is 11.1 Å². The molecule has 1 fully saturated rings. The minimum absolute atomic E-state index is 0.00510.